The molecule has 1 aliphatic rings. The van der Waals surface area contributed by atoms with Gasteiger partial charge in [-0.05, 0) is 48.9 Å². The van der Waals surface area contributed by atoms with Crippen molar-refractivity contribution in [2.24, 2.45) is 0 Å². The van der Waals surface area contributed by atoms with E-state index >= 15 is 0 Å². The SMILES string of the molecule is CC1CN(c2ccc(C(=O)Nc3ccc4ccccc4c3)cn2)CC(C)O1. The fourth-order valence-corrected chi connectivity index (χ4v) is 3.54. The zero-order valence-electron chi connectivity index (χ0n) is 15.6. The first kappa shape index (κ1) is 17.5. The van der Waals surface area contributed by atoms with Gasteiger partial charge in [0.25, 0.3) is 5.91 Å². The number of carbonyl (C=O) groups excluding carboxylic acids is 1. The minimum absolute atomic E-state index is 0.159. The van der Waals surface area contributed by atoms with Crippen molar-refractivity contribution in [3.63, 3.8) is 0 Å². The Morgan fingerprint density at radius 3 is 2.48 bits per heavy atom. The van der Waals surface area contributed by atoms with Crippen LogP contribution in [0.25, 0.3) is 10.8 Å². The lowest BCUT2D eigenvalue weighted by Crippen LogP contribution is -2.45. The van der Waals surface area contributed by atoms with Crippen LogP contribution in [0.15, 0.2) is 60.8 Å². The van der Waals surface area contributed by atoms with Gasteiger partial charge in [-0.3, -0.25) is 4.79 Å². The molecule has 4 rings (SSSR count). The van der Waals surface area contributed by atoms with E-state index in [2.05, 4.69) is 35.1 Å². The Hall–Kier alpha value is -2.92. The Balaban J connectivity index is 1.47. The van der Waals surface area contributed by atoms with Crippen molar-refractivity contribution in [1.29, 1.82) is 0 Å². The van der Waals surface area contributed by atoms with E-state index in [9.17, 15) is 4.79 Å². The van der Waals surface area contributed by atoms with Gasteiger partial charge in [0, 0.05) is 25.0 Å². The number of fused-ring (bicyclic) bond motifs is 1. The highest BCUT2D eigenvalue weighted by molar-refractivity contribution is 6.05. The minimum Gasteiger partial charge on any atom is -0.372 e. The summed E-state index contributed by atoms with van der Waals surface area (Å²) in [5, 5.41) is 5.20. The maximum absolute atomic E-state index is 12.6. The molecule has 1 amide bonds. The Bertz CT molecular complexity index is 945. The predicted molar refractivity (Wildman–Crippen MR) is 108 cm³/mol. The van der Waals surface area contributed by atoms with Gasteiger partial charge in [0.05, 0.1) is 17.8 Å². The van der Waals surface area contributed by atoms with Gasteiger partial charge in [-0.2, -0.15) is 0 Å². The highest BCUT2D eigenvalue weighted by Gasteiger charge is 2.23. The van der Waals surface area contributed by atoms with Gasteiger partial charge in [-0.1, -0.05) is 30.3 Å². The smallest absolute Gasteiger partial charge is 0.257 e. The van der Waals surface area contributed by atoms with Crippen LogP contribution < -0.4 is 10.2 Å². The maximum atomic E-state index is 12.6. The quantitative estimate of drug-likeness (QED) is 0.763. The lowest BCUT2D eigenvalue weighted by molar-refractivity contribution is -0.00546. The highest BCUT2D eigenvalue weighted by atomic mass is 16.5. The van der Waals surface area contributed by atoms with Crippen molar-refractivity contribution in [3.8, 4) is 0 Å². The second-order valence-electron chi connectivity index (χ2n) is 7.08. The third kappa shape index (κ3) is 3.93. The van der Waals surface area contributed by atoms with Crippen molar-refractivity contribution in [2.75, 3.05) is 23.3 Å². The fourth-order valence-electron chi connectivity index (χ4n) is 3.54. The van der Waals surface area contributed by atoms with Crippen LogP contribution in [0.1, 0.15) is 24.2 Å². The summed E-state index contributed by atoms with van der Waals surface area (Å²) in [5.74, 6) is 0.715. The van der Waals surface area contributed by atoms with Gasteiger partial charge in [-0.15, -0.1) is 0 Å². The molecule has 2 heterocycles. The Kier molecular flexibility index (Phi) is 4.77. The summed E-state index contributed by atoms with van der Waals surface area (Å²) >= 11 is 0. The number of nitrogens with zero attached hydrogens (tertiary/aromatic N) is 2. The Morgan fingerprint density at radius 1 is 1.04 bits per heavy atom. The molecule has 5 nitrogen and oxygen atoms in total. The average molecular weight is 361 g/mol. The Labute approximate surface area is 159 Å². The summed E-state index contributed by atoms with van der Waals surface area (Å²) in [5.41, 5.74) is 1.32. The average Bonchev–Trinajstić information content (AvgIpc) is 2.67. The lowest BCUT2D eigenvalue weighted by atomic mass is 10.1. The number of aromatic nitrogens is 1. The topological polar surface area (TPSA) is 54.5 Å². The van der Waals surface area contributed by atoms with Crippen LogP contribution >= 0.6 is 0 Å². The third-order valence-corrected chi connectivity index (χ3v) is 4.76. The number of benzene rings is 2. The highest BCUT2D eigenvalue weighted by Crippen LogP contribution is 2.21. The first-order valence-corrected chi connectivity index (χ1v) is 9.25. The molecule has 27 heavy (non-hydrogen) atoms. The molecule has 0 radical (unpaired) electrons. The van der Waals surface area contributed by atoms with Crippen molar-refractivity contribution < 1.29 is 9.53 Å². The number of ether oxygens (including phenoxy) is 1. The molecule has 1 N–H and O–H groups in total. The standard InChI is InChI=1S/C22H23N3O2/c1-15-13-25(14-16(2)27-15)21-10-8-19(12-23-21)22(26)24-20-9-7-17-5-3-4-6-18(17)11-20/h3-12,15-16H,13-14H2,1-2H3,(H,24,26). The Morgan fingerprint density at radius 2 is 1.78 bits per heavy atom. The first-order valence-electron chi connectivity index (χ1n) is 9.25. The van der Waals surface area contributed by atoms with Crippen LogP contribution in [0.4, 0.5) is 11.5 Å². The summed E-state index contributed by atoms with van der Waals surface area (Å²) in [6.45, 7) is 5.74. The molecular weight excluding hydrogens is 338 g/mol. The maximum Gasteiger partial charge on any atom is 0.257 e. The molecule has 0 bridgehead atoms. The van der Waals surface area contributed by atoms with E-state index < -0.39 is 0 Å². The number of morpholine rings is 1. The molecule has 1 aromatic heterocycles. The second kappa shape index (κ2) is 7.37. The summed E-state index contributed by atoms with van der Waals surface area (Å²) in [7, 11) is 0. The van der Waals surface area contributed by atoms with Crippen molar-refractivity contribution >= 4 is 28.2 Å². The molecule has 1 aliphatic heterocycles. The van der Waals surface area contributed by atoms with Crippen LogP contribution in [-0.2, 0) is 4.74 Å². The van der Waals surface area contributed by atoms with Crippen molar-refractivity contribution in [2.45, 2.75) is 26.1 Å². The molecule has 0 aliphatic carbocycles. The van der Waals surface area contributed by atoms with Crippen molar-refractivity contribution in [3.05, 3.63) is 66.4 Å². The summed E-state index contributed by atoms with van der Waals surface area (Å²) in [6.07, 6.45) is 1.98. The molecule has 2 aromatic carbocycles. The van der Waals surface area contributed by atoms with Crippen LogP contribution in [0, 0.1) is 0 Å². The number of nitrogens with one attached hydrogen (secondary N) is 1. The minimum atomic E-state index is -0.159. The number of pyridine rings is 1. The number of rotatable bonds is 3. The zero-order valence-corrected chi connectivity index (χ0v) is 15.6. The monoisotopic (exact) mass is 361 g/mol. The zero-order chi connectivity index (χ0) is 18.8. The number of hydrogen-bond acceptors (Lipinski definition) is 4. The molecular formula is C22H23N3O2. The number of amides is 1. The molecule has 3 aromatic rings. The normalized spacial score (nSPS) is 19.9. The van der Waals surface area contributed by atoms with Gasteiger partial charge in [-0.25, -0.2) is 4.98 Å². The molecule has 0 spiro atoms. The first-order chi connectivity index (χ1) is 13.1. The van der Waals surface area contributed by atoms with Crippen LogP contribution in [-0.4, -0.2) is 36.2 Å². The molecule has 5 heteroatoms. The van der Waals surface area contributed by atoms with Gasteiger partial charge in [0.15, 0.2) is 0 Å². The number of carbonyl (C=O) groups is 1. The van der Waals surface area contributed by atoms with Gasteiger partial charge in [0.1, 0.15) is 5.82 Å². The molecule has 1 saturated heterocycles. The number of hydrogen-bond donors (Lipinski definition) is 1. The predicted octanol–water partition coefficient (Wildman–Crippen LogP) is 4.10. The van der Waals surface area contributed by atoms with E-state index in [1.165, 1.54) is 0 Å². The third-order valence-electron chi connectivity index (χ3n) is 4.76. The molecule has 0 saturated carbocycles. The summed E-state index contributed by atoms with van der Waals surface area (Å²) in [4.78, 5) is 19.2. The van der Waals surface area contributed by atoms with E-state index in [1.54, 1.807) is 6.20 Å². The van der Waals surface area contributed by atoms with E-state index in [0.717, 1.165) is 35.4 Å². The summed E-state index contributed by atoms with van der Waals surface area (Å²) in [6, 6.07) is 17.7. The molecule has 138 valence electrons. The largest absolute Gasteiger partial charge is 0.372 e. The number of anilines is 2. The van der Waals surface area contributed by atoms with Crippen LogP contribution in [0.5, 0.6) is 0 Å². The van der Waals surface area contributed by atoms with E-state index in [0.29, 0.717) is 5.56 Å². The van der Waals surface area contributed by atoms with Gasteiger partial charge in [0.2, 0.25) is 0 Å². The van der Waals surface area contributed by atoms with Crippen molar-refractivity contribution in [1.82, 2.24) is 4.98 Å². The van der Waals surface area contributed by atoms with E-state index in [4.69, 9.17) is 4.74 Å². The van der Waals surface area contributed by atoms with Gasteiger partial charge < -0.3 is 15.0 Å². The summed E-state index contributed by atoms with van der Waals surface area (Å²) < 4.78 is 5.76. The molecule has 2 atom stereocenters. The lowest BCUT2D eigenvalue weighted by Gasteiger charge is -2.36. The molecule has 2 unspecified atom stereocenters. The van der Waals surface area contributed by atoms with Crippen LogP contribution in [0.3, 0.4) is 0 Å². The fraction of sp³-hybridized carbons (Fsp3) is 0.273. The molecule has 1 fully saturated rings. The second-order valence-corrected chi connectivity index (χ2v) is 7.08. The van der Waals surface area contributed by atoms with E-state index in [1.807, 2.05) is 48.5 Å². The van der Waals surface area contributed by atoms with E-state index in [-0.39, 0.29) is 18.1 Å². The van der Waals surface area contributed by atoms with Crippen LogP contribution in [0.2, 0.25) is 0 Å². The van der Waals surface area contributed by atoms with Gasteiger partial charge >= 0.3 is 0 Å².